The number of H-pyrrole nitrogens is 1. The molecule has 1 N–H and O–H groups in total. The minimum atomic E-state index is -0.598. The normalized spacial score (nSPS) is 10.9. The minimum Gasteiger partial charge on any atom is -0.494 e. The molecule has 28 heavy (non-hydrogen) atoms. The Morgan fingerprint density at radius 1 is 1.32 bits per heavy atom. The van der Waals surface area contributed by atoms with Crippen molar-refractivity contribution in [2.75, 3.05) is 7.11 Å². The third-order valence-corrected chi connectivity index (χ3v) is 5.39. The number of ether oxygens (including phenoxy) is 2. The summed E-state index contributed by atoms with van der Waals surface area (Å²) < 4.78 is 23.6. The van der Waals surface area contributed by atoms with Crippen molar-refractivity contribution in [3.8, 4) is 5.75 Å². The van der Waals surface area contributed by atoms with E-state index in [9.17, 15) is 18.8 Å². The largest absolute Gasteiger partial charge is 0.494 e. The Labute approximate surface area is 163 Å². The fourth-order valence-corrected chi connectivity index (χ4v) is 3.87. The van der Waals surface area contributed by atoms with Crippen LogP contribution >= 0.6 is 11.3 Å². The van der Waals surface area contributed by atoms with E-state index in [1.54, 1.807) is 13.0 Å². The van der Waals surface area contributed by atoms with Crippen molar-refractivity contribution < 1.29 is 23.5 Å². The smallest absolute Gasteiger partial charge is 0.310 e. The van der Waals surface area contributed by atoms with E-state index in [0.717, 1.165) is 11.3 Å². The van der Waals surface area contributed by atoms with Gasteiger partial charge >= 0.3 is 5.97 Å². The highest BCUT2D eigenvalue weighted by Gasteiger charge is 2.17. The number of benzene rings is 1. The Bertz CT molecular complexity index is 1140. The predicted octanol–water partition coefficient (Wildman–Crippen LogP) is 2.93. The SMILES string of the molecule is COc1ccc(CC(=O)OCc2nc3sc(C(C)=O)c(C)c3c(=O)[nH]2)cc1F. The third-order valence-electron chi connectivity index (χ3n) is 4.10. The average Bonchev–Trinajstić information content (AvgIpc) is 2.97. The number of methoxy groups -OCH3 is 1. The second kappa shape index (κ2) is 7.89. The lowest BCUT2D eigenvalue weighted by Crippen LogP contribution is -2.15. The van der Waals surface area contributed by atoms with Crippen LogP contribution in [0.4, 0.5) is 4.39 Å². The summed E-state index contributed by atoms with van der Waals surface area (Å²) >= 11 is 1.13. The van der Waals surface area contributed by atoms with Crippen molar-refractivity contribution in [2.45, 2.75) is 26.9 Å². The highest BCUT2D eigenvalue weighted by molar-refractivity contribution is 7.20. The van der Waals surface area contributed by atoms with Crippen molar-refractivity contribution in [3.05, 3.63) is 56.2 Å². The fraction of sp³-hybridized carbons (Fsp3) is 0.263. The standard InChI is InChI=1S/C19H17FN2O5S/c1-9-16-18(25)21-14(22-19(16)28-17(9)10(2)23)8-27-15(24)7-11-4-5-13(26-3)12(20)6-11/h4-6H,7-8H2,1-3H3,(H,21,22,25). The lowest BCUT2D eigenvalue weighted by atomic mass is 10.1. The van der Waals surface area contributed by atoms with Gasteiger partial charge in [-0.2, -0.15) is 0 Å². The number of hydrogen-bond donors (Lipinski definition) is 1. The van der Waals surface area contributed by atoms with Gasteiger partial charge in [0.1, 0.15) is 17.3 Å². The van der Waals surface area contributed by atoms with Crippen LogP contribution in [0.5, 0.6) is 5.75 Å². The molecule has 146 valence electrons. The van der Waals surface area contributed by atoms with Gasteiger partial charge in [-0.3, -0.25) is 14.4 Å². The van der Waals surface area contributed by atoms with Gasteiger partial charge in [-0.25, -0.2) is 9.37 Å². The van der Waals surface area contributed by atoms with Gasteiger partial charge in [0.15, 0.2) is 17.3 Å². The summed E-state index contributed by atoms with van der Waals surface area (Å²) in [6, 6.07) is 4.19. The van der Waals surface area contributed by atoms with Gasteiger partial charge < -0.3 is 14.5 Å². The number of nitrogens with one attached hydrogen (secondary N) is 1. The third kappa shape index (κ3) is 3.94. The molecule has 2 aromatic heterocycles. The molecular formula is C19H17FN2O5S. The number of aromatic nitrogens is 2. The summed E-state index contributed by atoms with van der Waals surface area (Å²) in [6.07, 6.45) is -0.139. The Morgan fingerprint density at radius 3 is 2.71 bits per heavy atom. The van der Waals surface area contributed by atoms with Gasteiger partial charge in [0.05, 0.1) is 23.8 Å². The monoisotopic (exact) mass is 404 g/mol. The lowest BCUT2D eigenvalue weighted by Gasteiger charge is -2.06. The van der Waals surface area contributed by atoms with Gasteiger partial charge in [-0.1, -0.05) is 6.07 Å². The first-order valence-corrected chi connectivity index (χ1v) is 9.13. The molecular weight excluding hydrogens is 387 g/mol. The average molecular weight is 404 g/mol. The fourth-order valence-electron chi connectivity index (χ4n) is 2.78. The molecule has 0 aliphatic heterocycles. The van der Waals surface area contributed by atoms with E-state index in [4.69, 9.17) is 9.47 Å². The van der Waals surface area contributed by atoms with Crippen LogP contribution in [0.1, 0.15) is 33.5 Å². The van der Waals surface area contributed by atoms with E-state index in [-0.39, 0.29) is 30.4 Å². The van der Waals surface area contributed by atoms with Gasteiger partial charge in [-0.05, 0) is 37.1 Å². The van der Waals surface area contributed by atoms with E-state index < -0.39 is 17.3 Å². The van der Waals surface area contributed by atoms with Crippen LogP contribution in [0.25, 0.3) is 10.2 Å². The lowest BCUT2D eigenvalue weighted by molar-refractivity contribution is -0.144. The molecule has 1 aromatic carbocycles. The molecule has 0 atom stereocenters. The first-order chi connectivity index (χ1) is 13.3. The summed E-state index contributed by atoms with van der Waals surface area (Å²) in [5.74, 6) is -1.05. The predicted molar refractivity (Wildman–Crippen MR) is 101 cm³/mol. The molecule has 3 rings (SSSR count). The van der Waals surface area contributed by atoms with E-state index in [1.807, 2.05) is 0 Å². The zero-order valence-corrected chi connectivity index (χ0v) is 16.2. The number of hydrogen-bond acceptors (Lipinski definition) is 7. The number of carbonyl (C=O) groups is 2. The quantitative estimate of drug-likeness (QED) is 0.501. The number of carbonyl (C=O) groups excluding carboxylic acids is 2. The van der Waals surface area contributed by atoms with Gasteiger partial charge in [0.25, 0.3) is 5.56 Å². The second-order valence-corrected chi connectivity index (χ2v) is 7.11. The van der Waals surface area contributed by atoms with Crippen molar-refractivity contribution in [1.82, 2.24) is 9.97 Å². The zero-order valence-electron chi connectivity index (χ0n) is 15.4. The van der Waals surface area contributed by atoms with Crippen LogP contribution in [0.15, 0.2) is 23.0 Å². The molecule has 0 saturated heterocycles. The molecule has 9 heteroatoms. The molecule has 0 saturated carbocycles. The maximum atomic E-state index is 13.7. The number of aryl methyl sites for hydroxylation is 1. The minimum absolute atomic E-state index is 0.0865. The molecule has 0 aliphatic rings. The van der Waals surface area contributed by atoms with Crippen LogP contribution < -0.4 is 10.3 Å². The summed E-state index contributed by atoms with van der Waals surface area (Å²) in [5, 5.41) is 0.360. The number of Topliss-reactive ketones (excluding diaryl/α,β-unsaturated/α-hetero) is 1. The van der Waals surface area contributed by atoms with E-state index in [1.165, 1.54) is 26.2 Å². The number of aromatic amines is 1. The number of nitrogens with zero attached hydrogens (tertiary/aromatic N) is 1. The Balaban J connectivity index is 1.72. The van der Waals surface area contributed by atoms with Gasteiger partial charge in [-0.15, -0.1) is 11.3 Å². The first kappa shape index (κ1) is 19.7. The van der Waals surface area contributed by atoms with Gasteiger partial charge in [0.2, 0.25) is 0 Å². The molecule has 3 aromatic rings. The highest BCUT2D eigenvalue weighted by Crippen LogP contribution is 2.27. The van der Waals surface area contributed by atoms with Crippen molar-refractivity contribution in [3.63, 3.8) is 0 Å². The summed E-state index contributed by atoms with van der Waals surface area (Å²) in [5.41, 5.74) is 0.626. The van der Waals surface area contributed by atoms with Crippen LogP contribution in [-0.4, -0.2) is 28.8 Å². The molecule has 0 spiro atoms. The summed E-state index contributed by atoms with van der Waals surface area (Å²) in [6.45, 7) is 2.88. The molecule has 0 bridgehead atoms. The maximum absolute atomic E-state index is 13.7. The Kier molecular flexibility index (Phi) is 5.55. The maximum Gasteiger partial charge on any atom is 0.310 e. The van der Waals surface area contributed by atoms with Crippen LogP contribution in [0.2, 0.25) is 0 Å². The number of ketones is 1. The molecule has 7 nitrogen and oxygen atoms in total. The number of thiophene rings is 1. The van der Waals surface area contributed by atoms with Crippen molar-refractivity contribution >= 4 is 33.3 Å². The number of halogens is 1. The van der Waals surface area contributed by atoms with Crippen molar-refractivity contribution in [2.24, 2.45) is 0 Å². The summed E-state index contributed by atoms with van der Waals surface area (Å²) in [4.78, 5) is 43.7. The number of rotatable bonds is 6. The van der Waals surface area contributed by atoms with E-state index >= 15 is 0 Å². The molecule has 0 aliphatic carbocycles. The highest BCUT2D eigenvalue weighted by atomic mass is 32.1. The first-order valence-electron chi connectivity index (χ1n) is 8.31. The molecule has 0 fully saturated rings. The Morgan fingerprint density at radius 2 is 2.07 bits per heavy atom. The zero-order chi connectivity index (χ0) is 20.4. The Hall–Kier alpha value is -3.07. The molecule has 0 radical (unpaired) electrons. The number of fused-ring (bicyclic) bond motifs is 1. The topological polar surface area (TPSA) is 98.3 Å². The van der Waals surface area contributed by atoms with E-state index in [2.05, 4.69) is 9.97 Å². The second-order valence-electron chi connectivity index (χ2n) is 6.11. The molecule has 0 amide bonds. The van der Waals surface area contributed by atoms with Crippen molar-refractivity contribution in [1.29, 1.82) is 0 Å². The molecule has 2 heterocycles. The van der Waals surface area contributed by atoms with Crippen LogP contribution in [0.3, 0.4) is 0 Å². The van der Waals surface area contributed by atoms with Crippen LogP contribution in [-0.2, 0) is 22.6 Å². The van der Waals surface area contributed by atoms with Crippen LogP contribution in [0, 0.1) is 12.7 Å². The van der Waals surface area contributed by atoms with E-state index in [0.29, 0.717) is 26.2 Å². The van der Waals surface area contributed by atoms with Gasteiger partial charge in [0, 0.05) is 0 Å². The number of esters is 1. The molecule has 0 unspecified atom stereocenters. The summed E-state index contributed by atoms with van der Waals surface area (Å²) in [7, 11) is 1.35.